The first-order chi connectivity index (χ1) is 7.10. The third-order valence-electron chi connectivity index (χ3n) is 2.79. The summed E-state index contributed by atoms with van der Waals surface area (Å²) in [7, 11) is 1.55. The molecule has 1 aliphatic rings. The summed E-state index contributed by atoms with van der Waals surface area (Å²) in [5.74, 6) is 0.205. The molecule has 4 nitrogen and oxygen atoms in total. The van der Waals surface area contributed by atoms with Crippen molar-refractivity contribution in [2.75, 3.05) is 7.11 Å². The van der Waals surface area contributed by atoms with Crippen molar-refractivity contribution in [3.63, 3.8) is 0 Å². The summed E-state index contributed by atoms with van der Waals surface area (Å²) >= 11 is 0. The fourth-order valence-electron chi connectivity index (χ4n) is 1.67. The second kappa shape index (κ2) is 3.22. The van der Waals surface area contributed by atoms with Gasteiger partial charge in [-0.2, -0.15) is 0 Å². The van der Waals surface area contributed by atoms with E-state index in [1.165, 1.54) is 0 Å². The molecule has 0 aromatic carbocycles. The maximum absolute atomic E-state index is 11.5. The Balaban J connectivity index is 2.57. The van der Waals surface area contributed by atoms with Gasteiger partial charge in [0.15, 0.2) is 5.60 Å². The predicted molar refractivity (Wildman–Crippen MR) is 53.8 cm³/mol. The number of pyridine rings is 1. The fraction of sp³-hybridized carbons (Fsp3) is 0.455. The monoisotopic (exact) mass is 207 g/mol. The van der Waals surface area contributed by atoms with Gasteiger partial charge in [-0.15, -0.1) is 0 Å². The molecule has 2 heterocycles. The van der Waals surface area contributed by atoms with Crippen molar-refractivity contribution in [1.82, 2.24) is 4.98 Å². The van der Waals surface area contributed by atoms with Gasteiger partial charge < -0.3 is 9.47 Å². The Hall–Kier alpha value is -1.58. The molecule has 2 rings (SSSR count). The highest BCUT2D eigenvalue weighted by atomic mass is 16.6. The van der Waals surface area contributed by atoms with Crippen LogP contribution in [0.1, 0.15) is 36.3 Å². The first-order valence-corrected chi connectivity index (χ1v) is 4.89. The van der Waals surface area contributed by atoms with E-state index in [9.17, 15) is 4.79 Å². The van der Waals surface area contributed by atoms with Crippen molar-refractivity contribution < 1.29 is 14.3 Å². The van der Waals surface area contributed by atoms with Gasteiger partial charge in [0.2, 0.25) is 5.88 Å². The Morgan fingerprint density at radius 3 is 2.87 bits per heavy atom. The number of fused-ring (bicyclic) bond motifs is 1. The van der Waals surface area contributed by atoms with Crippen LogP contribution in [0.25, 0.3) is 0 Å². The van der Waals surface area contributed by atoms with Crippen LogP contribution >= 0.6 is 0 Å². The van der Waals surface area contributed by atoms with Gasteiger partial charge in [-0.1, -0.05) is 6.92 Å². The summed E-state index contributed by atoms with van der Waals surface area (Å²) in [6.45, 7) is 3.83. The van der Waals surface area contributed by atoms with Gasteiger partial charge in [-0.3, -0.25) is 0 Å². The average Bonchev–Trinajstić information content (AvgIpc) is 2.52. The van der Waals surface area contributed by atoms with Gasteiger partial charge in [-0.25, -0.2) is 9.78 Å². The highest BCUT2D eigenvalue weighted by Gasteiger charge is 2.42. The molecule has 0 aliphatic carbocycles. The molecule has 0 saturated carbocycles. The van der Waals surface area contributed by atoms with Crippen LogP contribution in [0.2, 0.25) is 0 Å². The van der Waals surface area contributed by atoms with Gasteiger partial charge in [0.05, 0.1) is 12.7 Å². The SMILES string of the molecule is CCC1(C)OC(=O)c2ccc(OC)nc21. The van der Waals surface area contributed by atoms with Crippen LogP contribution in [0.15, 0.2) is 12.1 Å². The highest BCUT2D eigenvalue weighted by molar-refractivity contribution is 5.94. The molecule has 0 radical (unpaired) electrons. The Morgan fingerprint density at radius 2 is 2.27 bits per heavy atom. The van der Waals surface area contributed by atoms with Crippen molar-refractivity contribution in [2.24, 2.45) is 0 Å². The van der Waals surface area contributed by atoms with E-state index in [1.54, 1.807) is 19.2 Å². The molecular formula is C11H13NO3. The molecule has 0 saturated heterocycles. The number of nitrogens with zero attached hydrogens (tertiary/aromatic N) is 1. The second-order valence-electron chi connectivity index (χ2n) is 3.72. The smallest absolute Gasteiger partial charge is 0.341 e. The van der Waals surface area contributed by atoms with Crippen LogP contribution in [0.3, 0.4) is 0 Å². The lowest BCUT2D eigenvalue weighted by molar-refractivity contribution is -0.00237. The lowest BCUT2D eigenvalue weighted by Gasteiger charge is -2.20. The maximum atomic E-state index is 11.5. The molecule has 4 heteroatoms. The summed E-state index contributed by atoms with van der Waals surface area (Å²) in [6.07, 6.45) is 0.700. The summed E-state index contributed by atoms with van der Waals surface area (Å²) in [5.41, 5.74) is 0.607. The first-order valence-electron chi connectivity index (χ1n) is 4.89. The number of ether oxygens (including phenoxy) is 2. The minimum absolute atomic E-state index is 0.301. The van der Waals surface area contributed by atoms with Gasteiger partial charge in [0.1, 0.15) is 5.69 Å². The zero-order chi connectivity index (χ0) is 11.1. The first kappa shape index (κ1) is 9.96. The van der Waals surface area contributed by atoms with Crippen LogP contribution in [0.4, 0.5) is 0 Å². The van der Waals surface area contributed by atoms with Crippen molar-refractivity contribution in [1.29, 1.82) is 0 Å². The lowest BCUT2D eigenvalue weighted by Crippen LogP contribution is -2.21. The Morgan fingerprint density at radius 1 is 1.53 bits per heavy atom. The van der Waals surface area contributed by atoms with Gasteiger partial charge in [0, 0.05) is 6.07 Å². The quantitative estimate of drug-likeness (QED) is 0.695. The van der Waals surface area contributed by atoms with Gasteiger partial charge >= 0.3 is 5.97 Å². The molecule has 0 N–H and O–H groups in total. The maximum Gasteiger partial charge on any atom is 0.341 e. The molecule has 15 heavy (non-hydrogen) atoms. The number of carbonyl (C=O) groups is 1. The third-order valence-corrected chi connectivity index (χ3v) is 2.79. The molecule has 1 atom stereocenters. The van der Waals surface area contributed by atoms with E-state index in [4.69, 9.17) is 9.47 Å². The van der Waals surface area contributed by atoms with Crippen LogP contribution in [-0.4, -0.2) is 18.1 Å². The predicted octanol–water partition coefficient (Wildman–Crippen LogP) is 1.89. The molecule has 1 unspecified atom stereocenters. The number of methoxy groups -OCH3 is 1. The Kier molecular flexibility index (Phi) is 2.14. The zero-order valence-corrected chi connectivity index (χ0v) is 9.03. The number of esters is 1. The molecule has 0 fully saturated rings. The van der Waals surface area contributed by atoms with Crippen molar-refractivity contribution in [3.05, 3.63) is 23.4 Å². The summed E-state index contributed by atoms with van der Waals surface area (Å²) in [4.78, 5) is 15.8. The fourth-order valence-corrected chi connectivity index (χ4v) is 1.67. The zero-order valence-electron chi connectivity index (χ0n) is 9.03. The molecule has 1 aromatic rings. The van der Waals surface area contributed by atoms with Crippen LogP contribution < -0.4 is 4.74 Å². The summed E-state index contributed by atoms with van der Waals surface area (Å²) in [5, 5.41) is 0. The minimum atomic E-state index is -0.610. The van der Waals surface area contributed by atoms with E-state index in [-0.39, 0.29) is 5.97 Å². The standard InChI is InChI=1S/C11H13NO3/c1-4-11(2)9-7(10(13)15-11)5-6-8(12-9)14-3/h5-6H,4H2,1-3H3. The number of carbonyl (C=O) groups excluding carboxylic acids is 1. The Bertz CT molecular complexity index is 416. The average molecular weight is 207 g/mol. The lowest BCUT2D eigenvalue weighted by atomic mass is 9.97. The van der Waals surface area contributed by atoms with Crippen molar-refractivity contribution in [2.45, 2.75) is 25.9 Å². The van der Waals surface area contributed by atoms with E-state index < -0.39 is 5.60 Å². The molecule has 0 amide bonds. The highest BCUT2D eigenvalue weighted by Crippen LogP contribution is 2.38. The molecule has 0 spiro atoms. The molecular weight excluding hydrogens is 194 g/mol. The van der Waals surface area contributed by atoms with Crippen LogP contribution in [0.5, 0.6) is 5.88 Å². The molecule has 1 aliphatic heterocycles. The van der Waals surface area contributed by atoms with E-state index in [1.807, 2.05) is 13.8 Å². The molecule has 0 bridgehead atoms. The summed E-state index contributed by atoms with van der Waals surface area (Å²) in [6, 6.07) is 3.37. The molecule has 80 valence electrons. The van der Waals surface area contributed by atoms with Crippen LogP contribution in [-0.2, 0) is 10.3 Å². The van der Waals surface area contributed by atoms with Crippen molar-refractivity contribution >= 4 is 5.97 Å². The number of aromatic nitrogens is 1. The minimum Gasteiger partial charge on any atom is -0.481 e. The number of hydrogen-bond donors (Lipinski definition) is 0. The van der Waals surface area contributed by atoms with Gasteiger partial charge in [0.25, 0.3) is 0 Å². The summed E-state index contributed by atoms with van der Waals surface area (Å²) < 4.78 is 10.3. The van der Waals surface area contributed by atoms with Crippen LogP contribution in [0, 0.1) is 0 Å². The number of hydrogen-bond acceptors (Lipinski definition) is 4. The third kappa shape index (κ3) is 1.37. The second-order valence-corrected chi connectivity index (χ2v) is 3.72. The topological polar surface area (TPSA) is 48.4 Å². The van der Waals surface area contributed by atoms with E-state index in [0.717, 1.165) is 0 Å². The van der Waals surface area contributed by atoms with Gasteiger partial charge in [-0.05, 0) is 19.4 Å². The molecule has 1 aromatic heterocycles. The van der Waals surface area contributed by atoms with E-state index in [0.29, 0.717) is 23.6 Å². The number of cyclic esters (lactones) is 1. The van der Waals surface area contributed by atoms with Crippen molar-refractivity contribution in [3.8, 4) is 5.88 Å². The number of rotatable bonds is 2. The normalized spacial score (nSPS) is 23.5. The largest absolute Gasteiger partial charge is 0.481 e. The van der Waals surface area contributed by atoms with E-state index in [2.05, 4.69) is 4.98 Å². The Labute approximate surface area is 88.2 Å². The van der Waals surface area contributed by atoms with E-state index >= 15 is 0 Å².